The molecule has 0 saturated heterocycles. The Morgan fingerprint density at radius 1 is 1.32 bits per heavy atom. The number of pyridine rings is 1. The minimum atomic E-state index is 0.614. The molecule has 0 bridgehead atoms. The van der Waals surface area contributed by atoms with Crippen molar-refractivity contribution < 1.29 is 0 Å². The summed E-state index contributed by atoms with van der Waals surface area (Å²) in [6.45, 7) is 0.892. The first-order valence-electron chi connectivity index (χ1n) is 6.37. The molecule has 1 N–H and O–H groups in total. The number of fused-ring (bicyclic) bond motifs is 1. The molecule has 1 heterocycles. The monoisotopic (exact) mass is 271 g/mol. The first-order valence-corrected chi connectivity index (χ1v) is 7.77. The number of nitrogens with one attached hydrogen (secondary N) is 1. The van der Waals surface area contributed by atoms with Crippen LogP contribution in [0.3, 0.4) is 0 Å². The van der Waals surface area contributed by atoms with Crippen molar-refractivity contribution in [2.45, 2.75) is 12.8 Å². The SMILES string of the molecule is CSCCCCNc1c(C#N)cnc2ccccc12. The van der Waals surface area contributed by atoms with E-state index in [2.05, 4.69) is 22.6 Å². The first-order chi connectivity index (χ1) is 9.36. The van der Waals surface area contributed by atoms with Gasteiger partial charge >= 0.3 is 0 Å². The maximum Gasteiger partial charge on any atom is 0.103 e. The van der Waals surface area contributed by atoms with Crippen LogP contribution in [0, 0.1) is 11.3 Å². The summed E-state index contributed by atoms with van der Waals surface area (Å²) in [5, 5.41) is 13.6. The van der Waals surface area contributed by atoms with Crippen molar-refractivity contribution in [3.8, 4) is 6.07 Å². The van der Waals surface area contributed by atoms with Crippen LogP contribution in [-0.2, 0) is 0 Å². The van der Waals surface area contributed by atoms with Gasteiger partial charge in [-0.2, -0.15) is 17.0 Å². The Balaban J connectivity index is 2.17. The molecule has 0 unspecified atom stereocenters. The Morgan fingerprint density at radius 2 is 2.16 bits per heavy atom. The molecule has 0 spiro atoms. The average molecular weight is 271 g/mol. The Hall–Kier alpha value is -1.73. The fourth-order valence-electron chi connectivity index (χ4n) is 2.00. The number of aromatic nitrogens is 1. The molecule has 3 nitrogen and oxygen atoms in total. The number of hydrogen-bond donors (Lipinski definition) is 1. The van der Waals surface area contributed by atoms with Crippen LogP contribution in [0.2, 0.25) is 0 Å². The van der Waals surface area contributed by atoms with E-state index in [-0.39, 0.29) is 0 Å². The molecule has 0 atom stereocenters. The number of hydrogen-bond acceptors (Lipinski definition) is 4. The van der Waals surface area contributed by atoms with Crippen LogP contribution in [0.25, 0.3) is 10.9 Å². The van der Waals surface area contributed by atoms with Crippen LogP contribution in [-0.4, -0.2) is 23.5 Å². The van der Waals surface area contributed by atoms with Crippen LogP contribution in [0.1, 0.15) is 18.4 Å². The van der Waals surface area contributed by atoms with E-state index in [1.54, 1.807) is 6.20 Å². The van der Waals surface area contributed by atoms with Gasteiger partial charge in [-0.15, -0.1) is 0 Å². The molecular weight excluding hydrogens is 254 g/mol. The third-order valence-electron chi connectivity index (χ3n) is 2.97. The van der Waals surface area contributed by atoms with Gasteiger partial charge in [-0.1, -0.05) is 18.2 Å². The predicted octanol–water partition coefficient (Wildman–Crippen LogP) is 3.66. The Morgan fingerprint density at radius 3 is 2.95 bits per heavy atom. The van der Waals surface area contributed by atoms with Gasteiger partial charge in [0.25, 0.3) is 0 Å². The van der Waals surface area contributed by atoms with E-state index < -0.39 is 0 Å². The van der Waals surface area contributed by atoms with Gasteiger partial charge in [0.2, 0.25) is 0 Å². The molecule has 0 fully saturated rings. The highest BCUT2D eigenvalue weighted by molar-refractivity contribution is 7.98. The summed E-state index contributed by atoms with van der Waals surface area (Å²) < 4.78 is 0. The van der Waals surface area contributed by atoms with Crippen LogP contribution < -0.4 is 5.32 Å². The first kappa shape index (κ1) is 13.7. The van der Waals surface area contributed by atoms with Gasteiger partial charge in [0, 0.05) is 18.1 Å². The molecule has 2 aromatic rings. The molecule has 2 rings (SSSR count). The maximum absolute atomic E-state index is 9.19. The zero-order valence-corrected chi connectivity index (χ0v) is 11.8. The summed E-state index contributed by atoms with van der Waals surface area (Å²) in [4.78, 5) is 4.30. The molecule has 0 amide bonds. The highest BCUT2D eigenvalue weighted by Crippen LogP contribution is 2.25. The van der Waals surface area contributed by atoms with Gasteiger partial charge in [0.15, 0.2) is 0 Å². The summed E-state index contributed by atoms with van der Waals surface area (Å²) in [5.41, 5.74) is 2.45. The lowest BCUT2D eigenvalue weighted by Gasteiger charge is -2.11. The molecule has 1 aromatic carbocycles. The van der Waals surface area contributed by atoms with Crippen molar-refractivity contribution in [3.05, 3.63) is 36.0 Å². The lowest BCUT2D eigenvalue weighted by Crippen LogP contribution is -2.05. The van der Waals surface area contributed by atoms with Crippen LogP contribution >= 0.6 is 11.8 Å². The van der Waals surface area contributed by atoms with Crippen LogP contribution in [0.5, 0.6) is 0 Å². The van der Waals surface area contributed by atoms with E-state index in [0.29, 0.717) is 5.56 Å². The minimum Gasteiger partial charge on any atom is -0.383 e. The van der Waals surface area contributed by atoms with E-state index >= 15 is 0 Å². The minimum absolute atomic E-state index is 0.614. The van der Waals surface area contributed by atoms with E-state index in [4.69, 9.17) is 0 Å². The van der Waals surface area contributed by atoms with Gasteiger partial charge in [0.1, 0.15) is 6.07 Å². The van der Waals surface area contributed by atoms with E-state index in [0.717, 1.165) is 29.6 Å². The van der Waals surface area contributed by atoms with Crippen molar-refractivity contribution in [1.82, 2.24) is 4.98 Å². The maximum atomic E-state index is 9.19. The smallest absolute Gasteiger partial charge is 0.103 e. The van der Waals surface area contributed by atoms with E-state index in [1.807, 2.05) is 36.0 Å². The molecule has 0 aliphatic heterocycles. The quantitative estimate of drug-likeness (QED) is 0.815. The number of benzene rings is 1. The zero-order valence-electron chi connectivity index (χ0n) is 11.0. The number of nitrogens with zero attached hydrogens (tertiary/aromatic N) is 2. The van der Waals surface area contributed by atoms with Crippen molar-refractivity contribution in [3.63, 3.8) is 0 Å². The summed E-state index contributed by atoms with van der Waals surface area (Å²) in [7, 11) is 0. The molecule has 0 aliphatic rings. The Kier molecular flexibility index (Phi) is 5.05. The predicted molar refractivity (Wildman–Crippen MR) is 82.6 cm³/mol. The highest BCUT2D eigenvalue weighted by Gasteiger charge is 2.07. The van der Waals surface area contributed by atoms with Gasteiger partial charge < -0.3 is 5.32 Å². The molecule has 4 heteroatoms. The standard InChI is InChI=1S/C15H17N3S/c1-19-9-5-4-8-17-15-12(10-16)11-18-14-7-3-2-6-13(14)15/h2-3,6-7,11H,4-5,8-9H2,1H3,(H,17,18). The van der Waals surface area contributed by atoms with Crippen LogP contribution in [0.15, 0.2) is 30.5 Å². The van der Waals surface area contributed by atoms with Gasteiger partial charge in [-0.05, 0) is 30.9 Å². The number of nitriles is 1. The van der Waals surface area contributed by atoms with Gasteiger partial charge in [-0.3, -0.25) is 4.98 Å². The van der Waals surface area contributed by atoms with E-state index in [9.17, 15) is 5.26 Å². The Labute approximate surface area is 118 Å². The molecule has 0 saturated carbocycles. The molecule has 98 valence electrons. The van der Waals surface area contributed by atoms with E-state index in [1.165, 1.54) is 12.2 Å². The highest BCUT2D eigenvalue weighted by atomic mass is 32.2. The molecular formula is C15H17N3S. The summed E-state index contributed by atoms with van der Waals surface area (Å²) in [6, 6.07) is 10.1. The second kappa shape index (κ2) is 7.01. The second-order valence-electron chi connectivity index (χ2n) is 4.30. The molecule has 1 aromatic heterocycles. The average Bonchev–Trinajstić information content (AvgIpc) is 2.47. The molecule has 19 heavy (non-hydrogen) atoms. The summed E-state index contributed by atoms with van der Waals surface area (Å²) in [6.07, 6.45) is 6.07. The third-order valence-corrected chi connectivity index (χ3v) is 3.67. The molecule has 0 aliphatic carbocycles. The van der Waals surface area contributed by atoms with Crippen molar-refractivity contribution in [1.29, 1.82) is 5.26 Å². The number of anilines is 1. The lowest BCUT2D eigenvalue weighted by molar-refractivity contribution is 0.843. The van der Waals surface area contributed by atoms with Crippen molar-refractivity contribution in [2.75, 3.05) is 23.9 Å². The zero-order chi connectivity index (χ0) is 13.5. The fraction of sp³-hybridized carbons (Fsp3) is 0.333. The Bertz CT molecular complexity index is 589. The van der Waals surface area contributed by atoms with Crippen LogP contribution in [0.4, 0.5) is 5.69 Å². The summed E-state index contributed by atoms with van der Waals surface area (Å²) in [5.74, 6) is 1.18. The number of thioether (sulfide) groups is 1. The molecule has 0 radical (unpaired) electrons. The largest absolute Gasteiger partial charge is 0.383 e. The number of rotatable bonds is 6. The van der Waals surface area contributed by atoms with Gasteiger partial charge in [-0.25, -0.2) is 0 Å². The fourth-order valence-corrected chi connectivity index (χ4v) is 2.49. The summed E-state index contributed by atoms with van der Waals surface area (Å²) >= 11 is 1.87. The topological polar surface area (TPSA) is 48.7 Å². The number of para-hydroxylation sites is 1. The second-order valence-corrected chi connectivity index (χ2v) is 5.29. The van der Waals surface area contributed by atoms with Crippen molar-refractivity contribution >= 4 is 28.4 Å². The van der Waals surface area contributed by atoms with Crippen molar-refractivity contribution in [2.24, 2.45) is 0 Å². The normalized spacial score (nSPS) is 10.3. The number of unbranched alkanes of at least 4 members (excludes halogenated alkanes) is 1. The third kappa shape index (κ3) is 3.39. The lowest BCUT2D eigenvalue weighted by atomic mass is 10.1. The van der Waals surface area contributed by atoms with Gasteiger partial charge in [0.05, 0.1) is 16.8 Å².